The lowest BCUT2D eigenvalue weighted by molar-refractivity contribution is -0.0486. The van der Waals surface area contributed by atoms with Crippen molar-refractivity contribution < 1.29 is 14.9 Å². The number of imidazole rings is 1. The fourth-order valence-corrected chi connectivity index (χ4v) is 2.48. The number of anilines is 1. The van der Waals surface area contributed by atoms with Gasteiger partial charge in [-0.1, -0.05) is 11.6 Å². The molecule has 1 aliphatic rings. The van der Waals surface area contributed by atoms with E-state index in [0.29, 0.717) is 23.3 Å². The number of ether oxygens (including phenoxy) is 1. The number of nitrogens with two attached hydrogens (primary N) is 1. The third kappa shape index (κ3) is 2.04. The molecule has 0 amide bonds. The monoisotopic (exact) mass is 284 g/mol. The highest BCUT2D eigenvalue weighted by Crippen LogP contribution is 2.32. The summed E-state index contributed by atoms with van der Waals surface area (Å²) in [7, 11) is 0. The standard InChI is InChI=1S/C11H13ClN4O3/c12-8-2-6(13)9-10(15-8)16(4-14-9)11-7(18)1-5(3-17)19-11/h2,4-5,7,11,17-18H,1,3H2,(H2,13,15). The highest BCUT2D eigenvalue weighted by atomic mass is 35.5. The van der Waals surface area contributed by atoms with Crippen LogP contribution in [0, 0.1) is 0 Å². The molecule has 102 valence electrons. The molecular weight excluding hydrogens is 272 g/mol. The molecule has 2 aromatic rings. The molecule has 1 fully saturated rings. The van der Waals surface area contributed by atoms with Crippen molar-refractivity contribution in [2.24, 2.45) is 0 Å². The van der Waals surface area contributed by atoms with Crippen molar-refractivity contribution in [1.82, 2.24) is 14.5 Å². The van der Waals surface area contributed by atoms with Crippen molar-refractivity contribution in [3.63, 3.8) is 0 Å². The zero-order valence-corrected chi connectivity index (χ0v) is 10.7. The van der Waals surface area contributed by atoms with Crippen LogP contribution in [-0.2, 0) is 4.74 Å². The molecule has 0 spiro atoms. The van der Waals surface area contributed by atoms with Crippen molar-refractivity contribution in [2.75, 3.05) is 12.3 Å². The van der Waals surface area contributed by atoms with Gasteiger partial charge in [0, 0.05) is 12.5 Å². The molecule has 3 atom stereocenters. The van der Waals surface area contributed by atoms with Crippen LogP contribution < -0.4 is 5.73 Å². The largest absolute Gasteiger partial charge is 0.397 e. The zero-order chi connectivity index (χ0) is 13.6. The van der Waals surface area contributed by atoms with Gasteiger partial charge in [0.1, 0.15) is 16.8 Å². The number of aliphatic hydroxyl groups is 2. The number of fused-ring (bicyclic) bond motifs is 1. The fraction of sp³-hybridized carbons (Fsp3) is 0.455. The number of rotatable bonds is 2. The molecule has 0 saturated carbocycles. The van der Waals surface area contributed by atoms with Crippen molar-refractivity contribution in [3.8, 4) is 0 Å². The number of hydrogen-bond acceptors (Lipinski definition) is 6. The Hall–Kier alpha value is -1.41. The summed E-state index contributed by atoms with van der Waals surface area (Å²) >= 11 is 5.88. The van der Waals surface area contributed by atoms with Gasteiger partial charge in [0.25, 0.3) is 0 Å². The van der Waals surface area contributed by atoms with Gasteiger partial charge in [-0.2, -0.15) is 0 Å². The Bertz CT molecular complexity index is 617. The minimum absolute atomic E-state index is 0.142. The molecule has 0 bridgehead atoms. The molecule has 1 saturated heterocycles. The van der Waals surface area contributed by atoms with E-state index in [4.69, 9.17) is 27.2 Å². The highest BCUT2D eigenvalue weighted by molar-refractivity contribution is 6.30. The molecule has 3 heterocycles. The molecule has 0 aliphatic carbocycles. The second-order valence-electron chi connectivity index (χ2n) is 4.49. The van der Waals surface area contributed by atoms with E-state index in [2.05, 4.69) is 9.97 Å². The Kier molecular flexibility index (Phi) is 3.06. The molecule has 7 nitrogen and oxygen atoms in total. The maximum atomic E-state index is 9.98. The van der Waals surface area contributed by atoms with Crippen LogP contribution >= 0.6 is 11.6 Å². The number of pyridine rings is 1. The molecule has 4 N–H and O–H groups in total. The first-order chi connectivity index (χ1) is 9.10. The molecule has 1 aliphatic heterocycles. The first-order valence-electron chi connectivity index (χ1n) is 5.83. The second-order valence-corrected chi connectivity index (χ2v) is 4.88. The smallest absolute Gasteiger partial charge is 0.165 e. The van der Waals surface area contributed by atoms with Crippen LogP contribution in [-0.4, -0.2) is 43.6 Å². The quantitative estimate of drug-likeness (QED) is 0.685. The van der Waals surface area contributed by atoms with Crippen LogP contribution in [0.25, 0.3) is 11.2 Å². The summed E-state index contributed by atoms with van der Waals surface area (Å²) in [6, 6.07) is 1.52. The van der Waals surface area contributed by atoms with Gasteiger partial charge in [-0.3, -0.25) is 4.57 Å². The van der Waals surface area contributed by atoms with E-state index in [1.165, 1.54) is 12.4 Å². The van der Waals surface area contributed by atoms with E-state index in [9.17, 15) is 5.11 Å². The van der Waals surface area contributed by atoms with Gasteiger partial charge in [0.15, 0.2) is 11.9 Å². The predicted octanol–water partition coefficient (Wildman–Crippen LogP) is 0.308. The van der Waals surface area contributed by atoms with E-state index in [0.717, 1.165) is 0 Å². The van der Waals surface area contributed by atoms with Crippen molar-refractivity contribution >= 4 is 28.5 Å². The van der Waals surface area contributed by atoms with Gasteiger partial charge in [-0.05, 0) is 0 Å². The van der Waals surface area contributed by atoms with Gasteiger partial charge >= 0.3 is 0 Å². The third-order valence-corrected chi connectivity index (χ3v) is 3.37. The summed E-state index contributed by atoms with van der Waals surface area (Å²) in [5.41, 5.74) is 7.19. The lowest BCUT2D eigenvalue weighted by Gasteiger charge is -2.16. The zero-order valence-electron chi connectivity index (χ0n) is 9.90. The minimum atomic E-state index is -0.739. The Morgan fingerprint density at radius 1 is 1.58 bits per heavy atom. The fourth-order valence-electron chi connectivity index (χ4n) is 2.28. The van der Waals surface area contributed by atoms with Gasteiger partial charge in [-0.25, -0.2) is 9.97 Å². The van der Waals surface area contributed by atoms with Crippen LogP contribution in [0.5, 0.6) is 0 Å². The Morgan fingerprint density at radius 3 is 3.05 bits per heavy atom. The normalized spacial score (nSPS) is 27.2. The maximum absolute atomic E-state index is 9.98. The molecule has 0 radical (unpaired) electrons. The predicted molar refractivity (Wildman–Crippen MR) is 68.6 cm³/mol. The van der Waals surface area contributed by atoms with Gasteiger partial charge in [0.05, 0.1) is 24.7 Å². The number of halogens is 1. The lowest BCUT2D eigenvalue weighted by Crippen LogP contribution is -2.19. The van der Waals surface area contributed by atoms with Crippen LogP contribution in [0.1, 0.15) is 12.6 Å². The molecule has 3 unspecified atom stereocenters. The summed E-state index contributed by atoms with van der Waals surface area (Å²) < 4.78 is 7.14. The topological polar surface area (TPSA) is 106 Å². The van der Waals surface area contributed by atoms with E-state index in [1.807, 2.05) is 0 Å². The van der Waals surface area contributed by atoms with Gasteiger partial charge in [-0.15, -0.1) is 0 Å². The van der Waals surface area contributed by atoms with Crippen LogP contribution in [0.15, 0.2) is 12.4 Å². The van der Waals surface area contributed by atoms with Gasteiger partial charge < -0.3 is 20.7 Å². The van der Waals surface area contributed by atoms with E-state index in [1.54, 1.807) is 4.57 Å². The number of aliphatic hydroxyl groups excluding tert-OH is 2. The first-order valence-corrected chi connectivity index (χ1v) is 6.21. The van der Waals surface area contributed by atoms with E-state index in [-0.39, 0.29) is 11.8 Å². The second kappa shape index (κ2) is 4.61. The molecule has 0 aromatic carbocycles. The third-order valence-electron chi connectivity index (χ3n) is 3.17. The maximum Gasteiger partial charge on any atom is 0.165 e. The summed E-state index contributed by atoms with van der Waals surface area (Å²) in [5, 5.41) is 19.3. The van der Waals surface area contributed by atoms with E-state index >= 15 is 0 Å². The summed E-state index contributed by atoms with van der Waals surface area (Å²) in [4.78, 5) is 8.31. The summed E-state index contributed by atoms with van der Waals surface area (Å²) in [5.74, 6) is 0. The molecule has 8 heteroatoms. The van der Waals surface area contributed by atoms with Gasteiger partial charge in [0.2, 0.25) is 0 Å². The Balaban J connectivity index is 2.06. The van der Waals surface area contributed by atoms with Crippen LogP contribution in [0.2, 0.25) is 5.15 Å². The van der Waals surface area contributed by atoms with Crippen LogP contribution in [0.3, 0.4) is 0 Å². The summed E-state index contributed by atoms with van der Waals surface area (Å²) in [6.45, 7) is -0.142. The Morgan fingerprint density at radius 2 is 2.37 bits per heavy atom. The van der Waals surface area contributed by atoms with Crippen molar-refractivity contribution in [2.45, 2.75) is 24.9 Å². The molecule has 19 heavy (non-hydrogen) atoms. The SMILES string of the molecule is Nc1cc(Cl)nc2c1ncn2C1OC(CO)CC1O. The number of nitrogens with zero attached hydrogens (tertiary/aromatic N) is 3. The average molecular weight is 285 g/mol. The first kappa shape index (κ1) is 12.6. The number of hydrogen-bond donors (Lipinski definition) is 3. The highest BCUT2D eigenvalue weighted by Gasteiger charge is 2.35. The summed E-state index contributed by atoms with van der Waals surface area (Å²) in [6.07, 6.45) is 0.0765. The van der Waals surface area contributed by atoms with Crippen molar-refractivity contribution in [1.29, 1.82) is 0 Å². The number of aromatic nitrogens is 3. The lowest BCUT2D eigenvalue weighted by atomic mass is 10.2. The van der Waals surface area contributed by atoms with Crippen molar-refractivity contribution in [3.05, 3.63) is 17.5 Å². The van der Waals surface area contributed by atoms with E-state index < -0.39 is 18.4 Å². The molecule has 3 rings (SSSR count). The number of nitrogen functional groups attached to an aromatic ring is 1. The van der Waals surface area contributed by atoms with Crippen LogP contribution in [0.4, 0.5) is 5.69 Å². The average Bonchev–Trinajstić information content (AvgIpc) is 2.92. The Labute approximate surface area is 113 Å². The molecule has 2 aromatic heterocycles. The molecular formula is C11H13ClN4O3. The minimum Gasteiger partial charge on any atom is -0.397 e.